The van der Waals surface area contributed by atoms with Crippen molar-refractivity contribution < 1.29 is 14.3 Å². The molecule has 162 valence electrons. The van der Waals surface area contributed by atoms with E-state index >= 15 is 0 Å². The normalized spacial score (nSPS) is 10.6. The summed E-state index contributed by atoms with van der Waals surface area (Å²) in [6.07, 6.45) is 3.30. The zero-order valence-electron chi connectivity index (χ0n) is 17.4. The van der Waals surface area contributed by atoms with Crippen LogP contribution in [0.5, 0.6) is 11.5 Å². The van der Waals surface area contributed by atoms with E-state index < -0.39 is 5.91 Å². The molecule has 0 unspecified atom stereocenters. The number of ether oxygens (including phenoxy) is 2. The minimum atomic E-state index is -0.395. The Morgan fingerprint density at radius 2 is 1.88 bits per heavy atom. The zero-order chi connectivity index (χ0) is 22.5. The van der Waals surface area contributed by atoms with Crippen LogP contribution in [0.2, 0.25) is 5.02 Å². The summed E-state index contributed by atoms with van der Waals surface area (Å²) in [7, 11) is 3.16. The first-order valence-electron chi connectivity index (χ1n) is 9.72. The molecular formula is C23H20ClN5O3. The number of nitrogens with one attached hydrogen (secondary N) is 1. The summed E-state index contributed by atoms with van der Waals surface area (Å²) in [6.45, 7) is 0.376. The van der Waals surface area contributed by atoms with Crippen LogP contribution in [0.4, 0.5) is 5.95 Å². The molecule has 2 aromatic heterocycles. The lowest BCUT2D eigenvalue weighted by Crippen LogP contribution is -2.18. The number of rotatable bonds is 7. The molecule has 0 radical (unpaired) electrons. The smallest absolute Gasteiger partial charge is 0.282 e. The monoisotopic (exact) mass is 449 g/mol. The lowest BCUT2D eigenvalue weighted by molar-refractivity contribution is 0.0947. The van der Waals surface area contributed by atoms with E-state index in [4.69, 9.17) is 21.1 Å². The first-order valence-corrected chi connectivity index (χ1v) is 10.1. The van der Waals surface area contributed by atoms with Crippen LogP contribution in [0.15, 0.2) is 67.0 Å². The average molecular weight is 450 g/mol. The molecule has 0 spiro atoms. The molecule has 32 heavy (non-hydrogen) atoms. The Bertz CT molecular complexity index is 1240. The van der Waals surface area contributed by atoms with Crippen LogP contribution in [0.1, 0.15) is 15.9 Å². The summed E-state index contributed by atoms with van der Waals surface area (Å²) in [5, 5.41) is 7.94. The predicted molar refractivity (Wildman–Crippen MR) is 121 cm³/mol. The van der Waals surface area contributed by atoms with E-state index in [-0.39, 0.29) is 5.95 Å². The second-order valence-corrected chi connectivity index (χ2v) is 7.15. The minimum Gasteiger partial charge on any atom is -0.493 e. The number of benzene rings is 2. The second kappa shape index (κ2) is 9.49. The van der Waals surface area contributed by atoms with Crippen molar-refractivity contribution in [1.29, 1.82) is 0 Å². The fourth-order valence-electron chi connectivity index (χ4n) is 3.11. The molecule has 4 rings (SSSR count). The topological polar surface area (TPSA) is 91.2 Å². The van der Waals surface area contributed by atoms with Crippen molar-refractivity contribution in [3.05, 3.63) is 83.1 Å². The molecule has 0 fully saturated rings. The molecular weight excluding hydrogens is 430 g/mol. The molecule has 4 aromatic rings. The molecule has 0 amide bonds. The number of hydrogen-bond donors (Lipinski definition) is 1. The van der Waals surface area contributed by atoms with Crippen LogP contribution in [-0.4, -0.2) is 39.9 Å². The van der Waals surface area contributed by atoms with Gasteiger partial charge in [-0.3, -0.25) is 9.78 Å². The number of aromatic nitrogens is 4. The number of halogens is 1. The third-order valence-corrected chi connectivity index (χ3v) is 5.05. The lowest BCUT2D eigenvalue weighted by atomic mass is 10.2. The van der Waals surface area contributed by atoms with E-state index in [1.165, 1.54) is 4.68 Å². The Balaban J connectivity index is 1.68. The van der Waals surface area contributed by atoms with Gasteiger partial charge in [0, 0.05) is 24.5 Å². The average Bonchev–Trinajstić information content (AvgIpc) is 3.27. The number of carbonyl (C=O) groups excluding carboxylic acids is 1. The number of pyridine rings is 1. The van der Waals surface area contributed by atoms with Gasteiger partial charge in [-0.2, -0.15) is 9.67 Å². The van der Waals surface area contributed by atoms with Gasteiger partial charge in [0.05, 0.1) is 24.8 Å². The number of hydrogen-bond acceptors (Lipinski definition) is 7. The summed E-state index contributed by atoms with van der Waals surface area (Å²) in [4.78, 5) is 21.8. The molecule has 0 atom stereocenters. The maximum absolute atomic E-state index is 13.2. The van der Waals surface area contributed by atoms with Gasteiger partial charge in [0.25, 0.3) is 5.91 Å². The second-order valence-electron chi connectivity index (χ2n) is 6.74. The Morgan fingerprint density at radius 3 is 2.59 bits per heavy atom. The number of carbonyl (C=O) groups is 1. The van der Waals surface area contributed by atoms with Gasteiger partial charge in [0.2, 0.25) is 5.95 Å². The maximum atomic E-state index is 13.2. The van der Waals surface area contributed by atoms with Gasteiger partial charge in [-0.05, 0) is 42.0 Å². The van der Waals surface area contributed by atoms with Crippen molar-refractivity contribution in [2.24, 2.45) is 0 Å². The highest BCUT2D eigenvalue weighted by Gasteiger charge is 2.20. The first kappa shape index (κ1) is 21.3. The van der Waals surface area contributed by atoms with Gasteiger partial charge < -0.3 is 14.8 Å². The molecule has 1 N–H and O–H groups in total. The third-order valence-electron chi connectivity index (χ3n) is 4.72. The molecule has 2 aromatic carbocycles. The van der Waals surface area contributed by atoms with Gasteiger partial charge >= 0.3 is 0 Å². The highest BCUT2D eigenvalue weighted by Crippen LogP contribution is 2.28. The standard InChI is InChI=1S/C23H20ClN5O3/c1-31-19-10-9-15(12-20(19)32-2)13-26-23-27-21(16-6-5-11-25-14-16)28-29(23)22(30)17-7-3-4-8-18(17)24/h3-12,14H,13H2,1-2H3,(H,26,27,28). The van der Waals surface area contributed by atoms with E-state index in [2.05, 4.69) is 20.4 Å². The van der Waals surface area contributed by atoms with Crippen LogP contribution >= 0.6 is 11.6 Å². The van der Waals surface area contributed by atoms with Crippen LogP contribution < -0.4 is 14.8 Å². The SMILES string of the molecule is COc1ccc(CNc2nc(-c3cccnc3)nn2C(=O)c2ccccc2Cl)cc1OC. The van der Waals surface area contributed by atoms with Crippen molar-refractivity contribution in [1.82, 2.24) is 19.7 Å². The minimum absolute atomic E-state index is 0.281. The summed E-state index contributed by atoms with van der Waals surface area (Å²) in [6, 6.07) is 16.0. The highest BCUT2D eigenvalue weighted by molar-refractivity contribution is 6.33. The van der Waals surface area contributed by atoms with Crippen molar-refractivity contribution in [2.75, 3.05) is 19.5 Å². The number of nitrogens with zero attached hydrogens (tertiary/aromatic N) is 4. The molecule has 0 aliphatic carbocycles. The predicted octanol–water partition coefficient (Wildman–Crippen LogP) is 4.31. The number of anilines is 1. The molecule has 0 saturated carbocycles. The van der Waals surface area contributed by atoms with Gasteiger partial charge in [-0.25, -0.2) is 0 Å². The van der Waals surface area contributed by atoms with Crippen LogP contribution in [0.3, 0.4) is 0 Å². The van der Waals surface area contributed by atoms with E-state index in [0.717, 1.165) is 5.56 Å². The lowest BCUT2D eigenvalue weighted by Gasteiger charge is -2.11. The highest BCUT2D eigenvalue weighted by atomic mass is 35.5. The van der Waals surface area contributed by atoms with Gasteiger partial charge in [-0.15, -0.1) is 5.10 Å². The summed E-state index contributed by atoms with van der Waals surface area (Å²) >= 11 is 6.24. The van der Waals surface area contributed by atoms with Crippen LogP contribution in [-0.2, 0) is 6.54 Å². The van der Waals surface area contributed by atoms with Gasteiger partial charge in [0.1, 0.15) is 0 Å². The molecule has 9 heteroatoms. The van der Waals surface area contributed by atoms with E-state index in [0.29, 0.717) is 40.0 Å². The fourth-order valence-corrected chi connectivity index (χ4v) is 3.32. The largest absolute Gasteiger partial charge is 0.493 e. The molecule has 0 saturated heterocycles. The van der Waals surface area contributed by atoms with Crippen molar-refractivity contribution in [3.63, 3.8) is 0 Å². The first-order chi connectivity index (χ1) is 15.6. The Labute approximate surface area is 189 Å². The molecule has 0 aliphatic rings. The maximum Gasteiger partial charge on any atom is 0.282 e. The summed E-state index contributed by atoms with van der Waals surface area (Å²) in [5.41, 5.74) is 1.92. The Hall–Kier alpha value is -3.91. The quantitative estimate of drug-likeness (QED) is 0.449. The zero-order valence-corrected chi connectivity index (χ0v) is 18.2. The van der Waals surface area contributed by atoms with E-state index in [1.807, 2.05) is 24.3 Å². The van der Waals surface area contributed by atoms with Crippen LogP contribution in [0, 0.1) is 0 Å². The van der Waals surface area contributed by atoms with Gasteiger partial charge in [-0.1, -0.05) is 29.8 Å². The summed E-state index contributed by atoms with van der Waals surface area (Å²) < 4.78 is 11.9. The number of methoxy groups -OCH3 is 2. The molecule has 2 heterocycles. The van der Waals surface area contributed by atoms with E-state index in [9.17, 15) is 4.79 Å². The fraction of sp³-hybridized carbons (Fsp3) is 0.130. The Morgan fingerprint density at radius 1 is 1.06 bits per heavy atom. The Kier molecular flexibility index (Phi) is 6.32. The molecule has 0 bridgehead atoms. The van der Waals surface area contributed by atoms with Gasteiger partial charge in [0.15, 0.2) is 17.3 Å². The van der Waals surface area contributed by atoms with Crippen molar-refractivity contribution in [3.8, 4) is 22.9 Å². The summed E-state index contributed by atoms with van der Waals surface area (Å²) in [5.74, 6) is 1.49. The molecule has 0 aliphatic heterocycles. The van der Waals surface area contributed by atoms with Crippen LogP contribution in [0.25, 0.3) is 11.4 Å². The van der Waals surface area contributed by atoms with Crippen molar-refractivity contribution in [2.45, 2.75) is 6.54 Å². The van der Waals surface area contributed by atoms with Crippen molar-refractivity contribution >= 4 is 23.5 Å². The van der Waals surface area contributed by atoms with E-state index in [1.54, 1.807) is 56.9 Å². The third kappa shape index (κ3) is 4.40. The molecule has 8 nitrogen and oxygen atoms in total.